The summed E-state index contributed by atoms with van der Waals surface area (Å²) in [6, 6.07) is 15.9. The van der Waals surface area contributed by atoms with Crippen LogP contribution in [0.5, 0.6) is 0 Å². The summed E-state index contributed by atoms with van der Waals surface area (Å²) in [5.41, 5.74) is 2.33. The van der Waals surface area contributed by atoms with Gasteiger partial charge in [-0.2, -0.15) is 0 Å². The van der Waals surface area contributed by atoms with Crippen LogP contribution in [-0.2, 0) is 26.2 Å². The molecule has 3 rings (SSSR count). The lowest BCUT2D eigenvalue weighted by molar-refractivity contribution is -0.140. The van der Waals surface area contributed by atoms with Crippen LogP contribution in [0.4, 0.5) is 10.1 Å². The number of carbonyl (C=O) groups excluding carboxylic acids is 2. The van der Waals surface area contributed by atoms with Crippen molar-refractivity contribution in [1.29, 1.82) is 0 Å². The molecule has 0 radical (unpaired) electrons. The zero-order valence-corrected chi connectivity index (χ0v) is 24.0. The van der Waals surface area contributed by atoms with Crippen molar-refractivity contribution < 1.29 is 22.4 Å². The standard InChI is InChI=1S/C29H33ClFN3O4S/c1-5-26(29(36)32-6-2)33(18-22-10-13-24(31)14-11-22)28(35)19-34(27-17-23(30)12-9-21(27)4)39(37,38)25-15-7-20(3)8-16-25/h7-17,26H,5-6,18-19H2,1-4H3,(H,32,36)/t26-/m0/s1. The van der Waals surface area contributed by atoms with Crippen LogP contribution in [0.25, 0.3) is 0 Å². The number of likely N-dealkylation sites (N-methyl/N-ethyl adjacent to an activating group) is 1. The first kappa shape index (κ1) is 30.1. The molecule has 1 N–H and O–H groups in total. The fourth-order valence-electron chi connectivity index (χ4n) is 4.20. The molecular formula is C29H33ClFN3O4S. The number of benzene rings is 3. The number of carbonyl (C=O) groups is 2. The Bertz CT molecular complexity index is 1410. The van der Waals surface area contributed by atoms with E-state index in [2.05, 4.69) is 5.32 Å². The SMILES string of the molecule is CCNC(=O)[C@H](CC)N(Cc1ccc(F)cc1)C(=O)CN(c1cc(Cl)ccc1C)S(=O)(=O)c1ccc(C)cc1. The molecule has 0 saturated carbocycles. The maximum absolute atomic E-state index is 14.0. The predicted molar refractivity (Wildman–Crippen MR) is 152 cm³/mol. The molecule has 39 heavy (non-hydrogen) atoms. The molecule has 0 spiro atoms. The van der Waals surface area contributed by atoms with Gasteiger partial charge in [-0.15, -0.1) is 0 Å². The Hall–Kier alpha value is -3.43. The average Bonchev–Trinajstić information content (AvgIpc) is 2.90. The number of hydrogen-bond donors (Lipinski definition) is 1. The fraction of sp³-hybridized carbons (Fsp3) is 0.310. The van der Waals surface area contributed by atoms with Crippen molar-refractivity contribution in [2.75, 3.05) is 17.4 Å². The highest BCUT2D eigenvalue weighted by molar-refractivity contribution is 7.92. The summed E-state index contributed by atoms with van der Waals surface area (Å²) < 4.78 is 42.4. The highest BCUT2D eigenvalue weighted by Gasteiger charge is 2.34. The Morgan fingerprint density at radius 1 is 0.974 bits per heavy atom. The molecule has 0 fully saturated rings. The first-order chi connectivity index (χ1) is 18.5. The molecule has 0 aliphatic heterocycles. The molecule has 2 amide bonds. The predicted octanol–water partition coefficient (Wildman–Crippen LogP) is 5.23. The van der Waals surface area contributed by atoms with E-state index in [1.165, 1.54) is 47.4 Å². The third-order valence-electron chi connectivity index (χ3n) is 6.33. The van der Waals surface area contributed by atoms with E-state index < -0.39 is 34.3 Å². The molecule has 3 aromatic rings. The number of nitrogens with zero attached hydrogens (tertiary/aromatic N) is 2. The van der Waals surface area contributed by atoms with Gasteiger partial charge in [0, 0.05) is 18.1 Å². The van der Waals surface area contributed by atoms with Gasteiger partial charge in [0.25, 0.3) is 10.0 Å². The molecule has 208 valence electrons. The molecule has 0 unspecified atom stereocenters. The highest BCUT2D eigenvalue weighted by atomic mass is 35.5. The molecule has 0 heterocycles. The van der Waals surface area contributed by atoms with Gasteiger partial charge in [0.2, 0.25) is 11.8 Å². The third kappa shape index (κ3) is 7.36. The summed E-state index contributed by atoms with van der Waals surface area (Å²) in [6.45, 7) is 6.90. The Morgan fingerprint density at radius 3 is 2.21 bits per heavy atom. The Balaban J connectivity index is 2.10. The quantitative estimate of drug-likeness (QED) is 0.340. The number of nitrogens with one attached hydrogen (secondary N) is 1. The average molecular weight is 574 g/mol. The molecular weight excluding hydrogens is 541 g/mol. The third-order valence-corrected chi connectivity index (χ3v) is 8.34. The van der Waals surface area contributed by atoms with E-state index in [4.69, 9.17) is 11.6 Å². The van der Waals surface area contributed by atoms with Crippen LogP contribution < -0.4 is 9.62 Å². The minimum absolute atomic E-state index is 0.0122. The second-order valence-electron chi connectivity index (χ2n) is 9.22. The molecule has 0 aliphatic carbocycles. The number of anilines is 1. The zero-order chi connectivity index (χ0) is 28.7. The maximum Gasteiger partial charge on any atom is 0.264 e. The van der Waals surface area contributed by atoms with Crippen LogP contribution in [0.1, 0.15) is 37.0 Å². The van der Waals surface area contributed by atoms with Crippen LogP contribution in [-0.4, -0.2) is 44.3 Å². The molecule has 3 aromatic carbocycles. The van der Waals surface area contributed by atoms with E-state index in [-0.39, 0.29) is 23.0 Å². The van der Waals surface area contributed by atoms with Crippen molar-refractivity contribution >= 4 is 39.1 Å². The molecule has 0 saturated heterocycles. The molecule has 10 heteroatoms. The number of halogens is 2. The van der Waals surface area contributed by atoms with E-state index in [9.17, 15) is 22.4 Å². The van der Waals surface area contributed by atoms with Gasteiger partial charge in [0.05, 0.1) is 10.6 Å². The van der Waals surface area contributed by atoms with Crippen molar-refractivity contribution in [2.24, 2.45) is 0 Å². The van der Waals surface area contributed by atoms with E-state index in [1.54, 1.807) is 45.0 Å². The summed E-state index contributed by atoms with van der Waals surface area (Å²) in [6.07, 6.45) is 0.291. The largest absolute Gasteiger partial charge is 0.355 e. The Morgan fingerprint density at radius 2 is 1.62 bits per heavy atom. The number of sulfonamides is 1. The molecule has 0 aliphatic rings. The van der Waals surface area contributed by atoms with Gasteiger partial charge in [-0.1, -0.05) is 54.4 Å². The number of hydrogen-bond acceptors (Lipinski definition) is 4. The van der Waals surface area contributed by atoms with Crippen LogP contribution in [0.15, 0.2) is 71.6 Å². The zero-order valence-electron chi connectivity index (χ0n) is 22.4. The number of amides is 2. The van der Waals surface area contributed by atoms with E-state index in [0.29, 0.717) is 29.1 Å². The monoisotopic (exact) mass is 573 g/mol. The second kappa shape index (κ2) is 13.1. The van der Waals surface area contributed by atoms with Gasteiger partial charge in [0.15, 0.2) is 0 Å². The summed E-state index contributed by atoms with van der Waals surface area (Å²) in [7, 11) is -4.20. The minimum atomic E-state index is -4.20. The first-order valence-corrected chi connectivity index (χ1v) is 14.5. The second-order valence-corrected chi connectivity index (χ2v) is 11.5. The number of aryl methyl sites for hydroxylation is 2. The molecule has 7 nitrogen and oxygen atoms in total. The highest BCUT2D eigenvalue weighted by Crippen LogP contribution is 2.30. The lowest BCUT2D eigenvalue weighted by Gasteiger charge is -2.33. The van der Waals surface area contributed by atoms with Crippen LogP contribution in [0, 0.1) is 19.7 Å². The summed E-state index contributed by atoms with van der Waals surface area (Å²) in [4.78, 5) is 28.3. The van der Waals surface area contributed by atoms with Crippen molar-refractivity contribution in [3.05, 3.63) is 94.3 Å². The van der Waals surface area contributed by atoms with Crippen LogP contribution >= 0.6 is 11.6 Å². The van der Waals surface area contributed by atoms with Gasteiger partial charge in [-0.3, -0.25) is 13.9 Å². The van der Waals surface area contributed by atoms with Crippen LogP contribution in [0.3, 0.4) is 0 Å². The summed E-state index contributed by atoms with van der Waals surface area (Å²) in [5.74, 6) is -1.38. The van der Waals surface area contributed by atoms with Gasteiger partial charge >= 0.3 is 0 Å². The normalized spacial score (nSPS) is 12.1. The van der Waals surface area contributed by atoms with E-state index in [1.807, 2.05) is 6.92 Å². The molecule has 0 aromatic heterocycles. The molecule has 1 atom stereocenters. The summed E-state index contributed by atoms with van der Waals surface area (Å²) >= 11 is 6.25. The number of rotatable bonds is 11. The van der Waals surface area contributed by atoms with E-state index in [0.717, 1.165) is 9.87 Å². The van der Waals surface area contributed by atoms with Crippen molar-refractivity contribution in [3.63, 3.8) is 0 Å². The lowest BCUT2D eigenvalue weighted by Crippen LogP contribution is -2.52. The van der Waals surface area contributed by atoms with E-state index >= 15 is 0 Å². The topological polar surface area (TPSA) is 86.8 Å². The van der Waals surface area contributed by atoms with Gasteiger partial charge in [-0.25, -0.2) is 12.8 Å². The van der Waals surface area contributed by atoms with Gasteiger partial charge in [0.1, 0.15) is 18.4 Å². The first-order valence-electron chi connectivity index (χ1n) is 12.6. The van der Waals surface area contributed by atoms with Crippen molar-refractivity contribution in [1.82, 2.24) is 10.2 Å². The van der Waals surface area contributed by atoms with Gasteiger partial charge < -0.3 is 10.2 Å². The summed E-state index contributed by atoms with van der Waals surface area (Å²) in [5, 5.41) is 3.06. The van der Waals surface area contributed by atoms with Gasteiger partial charge in [-0.05, 0) is 74.7 Å². The molecule has 0 bridgehead atoms. The minimum Gasteiger partial charge on any atom is -0.355 e. The smallest absolute Gasteiger partial charge is 0.264 e. The fourth-order valence-corrected chi connectivity index (χ4v) is 5.84. The Kier molecular flexibility index (Phi) is 10.1. The lowest BCUT2D eigenvalue weighted by atomic mass is 10.1. The van der Waals surface area contributed by atoms with Crippen molar-refractivity contribution in [2.45, 2.75) is 51.6 Å². The van der Waals surface area contributed by atoms with Crippen LogP contribution in [0.2, 0.25) is 5.02 Å². The maximum atomic E-state index is 14.0. The van der Waals surface area contributed by atoms with Crippen molar-refractivity contribution in [3.8, 4) is 0 Å². The Labute approximate surface area is 234 Å².